The van der Waals surface area contributed by atoms with Crippen molar-refractivity contribution in [3.63, 3.8) is 0 Å². The molecular weight excluding hydrogens is 455 g/mol. The fourth-order valence-electron chi connectivity index (χ4n) is 3.90. The summed E-state index contributed by atoms with van der Waals surface area (Å²) in [5, 5.41) is 8.40. The van der Waals surface area contributed by atoms with Gasteiger partial charge in [0.05, 0.1) is 6.61 Å². The van der Waals surface area contributed by atoms with Crippen molar-refractivity contribution in [3.8, 4) is 0 Å². The molecule has 0 aliphatic rings. The molecule has 0 fully saturated rings. The third-order valence-corrected chi connectivity index (χ3v) is 7.10. The monoisotopic (exact) mass is 500 g/mol. The molecule has 0 spiro atoms. The molecule has 0 radical (unpaired) electrons. The van der Waals surface area contributed by atoms with E-state index in [9.17, 15) is 23.1 Å². The van der Waals surface area contributed by atoms with Crippen molar-refractivity contribution >= 4 is 22.1 Å². The van der Waals surface area contributed by atoms with E-state index >= 15 is 0 Å². The van der Waals surface area contributed by atoms with E-state index in [2.05, 4.69) is 13.8 Å². The number of aliphatic carboxylic acids is 1. The molecule has 0 aromatic heterocycles. The molecule has 7 nitrogen and oxygen atoms in total. The molecule has 0 amide bonds. The Hall–Kier alpha value is -0.150. The molecule has 0 bridgehead atoms. The fourth-order valence-corrected chi connectivity index (χ4v) is 4.56. The van der Waals surface area contributed by atoms with Gasteiger partial charge in [0.15, 0.2) is 5.25 Å². The number of unbranched alkanes of at least 4 members (excludes halogenated alkanes) is 11. The number of esters is 1. The van der Waals surface area contributed by atoms with Crippen LogP contribution < -0.4 is 34.7 Å². The molecule has 33 heavy (non-hydrogen) atoms. The van der Waals surface area contributed by atoms with Crippen molar-refractivity contribution in [2.75, 3.05) is 6.61 Å². The molecular formula is C24H45NaO7S. The number of carboxylic acid groups (broad SMARTS) is 1. The first-order valence-electron chi connectivity index (χ1n) is 12.5. The maximum Gasteiger partial charge on any atom is 1.00 e. The van der Waals surface area contributed by atoms with E-state index in [0.29, 0.717) is 6.42 Å². The molecule has 2 atom stereocenters. The smallest absolute Gasteiger partial charge is 0.550 e. The summed E-state index contributed by atoms with van der Waals surface area (Å²) in [5.74, 6) is -2.07. The first-order chi connectivity index (χ1) is 15.2. The van der Waals surface area contributed by atoms with Crippen LogP contribution in [0.3, 0.4) is 0 Å². The van der Waals surface area contributed by atoms with E-state index in [1.54, 1.807) is 0 Å². The average molecular weight is 501 g/mol. The van der Waals surface area contributed by atoms with Gasteiger partial charge >= 0.3 is 35.5 Å². The first-order valence-corrected chi connectivity index (χ1v) is 14.0. The number of rotatable bonds is 22. The van der Waals surface area contributed by atoms with Crippen LogP contribution in [0.25, 0.3) is 0 Å². The molecule has 0 rings (SSSR count). The Morgan fingerprint density at radius 2 is 1.27 bits per heavy atom. The third-order valence-electron chi connectivity index (χ3n) is 6.02. The van der Waals surface area contributed by atoms with Gasteiger partial charge in [-0.15, -0.1) is 0 Å². The summed E-state index contributed by atoms with van der Waals surface area (Å²) in [6.45, 7) is 4.58. The van der Waals surface area contributed by atoms with Gasteiger partial charge in [0, 0.05) is 12.4 Å². The van der Waals surface area contributed by atoms with Crippen LogP contribution >= 0.6 is 0 Å². The zero-order valence-electron chi connectivity index (χ0n) is 21.2. The number of carbonyl (C=O) groups is 2. The van der Waals surface area contributed by atoms with Crippen molar-refractivity contribution in [1.29, 1.82) is 0 Å². The third kappa shape index (κ3) is 20.9. The quantitative estimate of drug-likeness (QED) is 0.104. The van der Waals surface area contributed by atoms with Gasteiger partial charge in [-0.2, -0.15) is 8.42 Å². The van der Waals surface area contributed by atoms with E-state index in [1.165, 1.54) is 77.0 Å². The predicted octanol–water partition coefficient (Wildman–Crippen LogP) is 1.83. The van der Waals surface area contributed by atoms with Crippen LogP contribution in [0.1, 0.15) is 123 Å². The van der Waals surface area contributed by atoms with Crippen LogP contribution in [0, 0.1) is 5.92 Å². The Kier molecular flexibility index (Phi) is 23.7. The Balaban J connectivity index is 0. The standard InChI is InChI=1S/C24H46O7S.Na/c1-3-5-17-21(4-2)18-15-13-11-9-7-6-8-10-12-14-16-19-31-24(27)22(20-23(25)26)32(28,29)30;/h21-22H,3-20H2,1-2H3,(H,25,26)(H,28,29,30);/q;+1/p-1. The van der Waals surface area contributed by atoms with Crippen molar-refractivity contribution in [3.05, 3.63) is 0 Å². The summed E-state index contributed by atoms with van der Waals surface area (Å²) < 4.78 is 35.9. The first kappa shape index (κ1) is 35.0. The normalized spacial score (nSPS) is 13.2. The molecule has 0 saturated carbocycles. The van der Waals surface area contributed by atoms with E-state index in [4.69, 9.17) is 9.29 Å². The zero-order chi connectivity index (χ0) is 24.2. The molecule has 0 aliphatic heterocycles. The Labute approximate surface area is 223 Å². The van der Waals surface area contributed by atoms with Gasteiger partial charge in [-0.1, -0.05) is 110 Å². The molecule has 9 heteroatoms. The number of hydrogen-bond donors (Lipinski definition) is 1. The Morgan fingerprint density at radius 1 is 0.818 bits per heavy atom. The Morgan fingerprint density at radius 3 is 1.70 bits per heavy atom. The summed E-state index contributed by atoms with van der Waals surface area (Å²) in [7, 11) is -4.83. The number of carboxylic acids is 1. The summed E-state index contributed by atoms with van der Waals surface area (Å²) in [4.78, 5) is 22.2. The van der Waals surface area contributed by atoms with Gasteiger partial charge in [0.2, 0.25) is 0 Å². The molecule has 0 saturated heterocycles. The minimum absolute atomic E-state index is 0. The van der Waals surface area contributed by atoms with Gasteiger partial charge in [0.1, 0.15) is 0 Å². The van der Waals surface area contributed by atoms with Crippen LogP contribution in [-0.2, 0) is 24.4 Å². The van der Waals surface area contributed by atoms with Crippen LogP contribution in [0.15, 0.2) is 0 Å². The largest absolute Gasteiger partial charge is 1.00 e. The van der Waals surface area contributed by atoms with Crippen molar-refractivity contribution < 1.29 is 62.0 Å². The van der Waals surface area contributed by atoms with E-state index in [0.717, 1.165) is 25.2 Å². The molecule has 2 unspecified atom stereocenters. The molecule has 0 aliphatic carbocycles. The summed E-state index contributed by atoms with van der Waals surface area (Å²) in [6.07, 6.45) is 18.2. The molecule has 0 aromatic rings. The van der Waals surface area contributed by atoms with Crippen molar-refractivity contribution in [1.82, 2.24) is 0 Å². The number of ether oxygens (including phenoxy) is 1. The zero-order valence-corrected chi connectivity index (χ0v) is 24.0. The van der Waals surface area contributed by atoms with E-state index in [-0.39, 0.29) is 36.2 Å². The topological polar surface area (TPSA) is 121 Å². The molecule has 0 aromatic carbocycles. The molecule has 0 heterocycles. The van der Waals surface area contributed by atoms with Crippen molar-refractivity contribution in [2.45, 2.75) is 128 Å². The van der Waals surface area contributed by atoms with Crippen LogP contribution in [0.2, 0.25) is 0 Å². The van der Waals surface area contributed by atoms with Crippen LogP contribution in [0.5, 0.6) is 0 Å². The minimum atomic E-state index is -4.83. The van der Waals surface area contributed by atoms with Gasteiger partial charge in [-0.05, 0) is 12.3 Å². The number of hydrogen-bond acceptors (Lipinski definition) is 6. The summed E-state index contributed by atoms with van der Waals surface area (Å²) >= 11 is 0. The maximum atomic E-state index is 11.7. The maximum absolute atomic E-state index is 11.7. The van der Waals surface area contributed by atoms with Gasteiger partial charge < -0.3 is 14.6 Å². The number of carbonyl (C=O) groups excluding carboxylic acids is 2. The summed E-state index contributed by atoms with van der Waals surface area (Å²) in [6, 6.07) is 0. The predicted molar refractivity (Wildman–Crippen MR) is 125 cm³/mol. The second-order valence-corrected chi connectivity index (χ2v) is 10.4. The SMILES string of the molecule is CCCCC(CC)CCCCCCCCCCCCCOC(=O)C(CC(=O)[O-])S(=O)(=O)O.[Na+]. The van der Waals surface area contributed by atoms with Gasteiger partial charge in [-0.3, -0.25) is 9.35 Å². The Bertz CT molecular complexity index is 596. The van der Waals surface area contributed by atoms with E-state index < -0.39 is 33.7 Å². The van der Waals surface area contributed by atoms with Crippen LogP contribution in [0.4, 0.5) is 0 Å². The molecule has 1 N–H and O–H groups in total. The van der Waals surface area contributed by atoms with E-state index in [1.807, 2.05) is 0 Å². The van der Waals surface area contributed by atoms with Gasteiger partial charge in [0.25, 0.3) is 10.1 Å². The molecule has 190 valence electrons. The average Bonchev–Trinajstić information content (AvgIpc) is 2.73. The van der Waals surface area contributed by atoms with Crippen molar-refractivity contribution in [2.24, 2.45) is 5.92 Å². The minimum Gasteiger partial charge on any atom is -0.550 e. The van der Waals surface area contributed by atoms with Crippen LogP contribution in [-0.4, -0.2) is 36.8 Å². The fraction of sp³-hybridized carbons (Fsp3) is 0.917. The van der Waals surface area contributed by atoms with Gasteiger partial charge in [-0.25, -0.2) is 0 Å². The second kappa shape index (κ2) is 22.3. The summed E-state index contributed by atoms with van der Waals surface area (Å²) in [5.41, 5.74) is 0. The second-order valence-electron chi connectivity index (χ2n) is 8.84.